The number of hydrogen-bond donors (Lipinski definition) is 5. The van der Waals surface area contributed by atoms with E-state index >= 15 is 0 Å². The number of nitrogens with zero attached hydrogens (tertiary/aromatic N) is 4. The number of aromatic nitrogens is 8. The summed E-state index contributed by atoms with van der Waals surface area (Å²) in [7, 11) is -1.00. The zero-order chi connectivity index (χ0) is 31.5. The fourth-order valence-corrected chi connectivity index (χ4v) is 4.88. The van der Waals surface area contributed by atoms with Crippen molar-refractivity contribution in [2.75, 3.05) is 7.15 Å². The molecule has 44 heavy (non-hydrogen) atoms. The van der Waals surface area contributed by atoms with E-state index in [4.69, 9.17) is 6.48 Å². The average Bonchev–Trinajstić information content (AvgIpc) is 3.84. The lowest BCUT2D eigenvalue weighted by Gasteiger charge is -1.93. The van der Waals surface area contributed by atoms with Crippen LogP contribution in [0.4, 0.5) is 4.39 Å². The fraction of sp³-hybridized carbons (Fsp3) is 0.0625. The van der Waals surface area contributed by atoms with E-state index in [-0.39, 0.29) is 11.3 Å². The van der Waals surface area contributed by atoms with Crippen molar-refractivity contribution in [3.63, 3.8) is 0 Å². The summed E-state index contributed by atoms with van der Waals surface area (Å²) < 4.78 is 15.5. The molecule has 0 unspecified atom stereocenters. The van der Waals surface area contributed by atoms with Crippen molar-refractivity contribution < 1.29 is 20.5 Å². The van der Waals surface area contributed by atoms with Gasteiger partial charge in [0.2, 0.25) is 0 Å². The number of ketones is 1. The second kappa shape index (κ2) is 11.6. The van der Waals surface area contributed by atoms with E-state index in [2.05, 4.69) is 40.3 Å². The number of Topliss-reactive ketones (excluding diaryl/α,β-unsaturated/α-hetero) is 1. The number of benzene rings is 4. The second-order valence-electron chi connectivity index (χ2n) is 9.73. The third kappa shape index (κ3) is 5.15. The van der Waals surface area contributed by atoms with Gasteiger partial charge in [0.15, 0.2) is 17.4 Å². The number of hydrogen-bond acceptors (Lipinski definition) is 6. The van der Waals surface area contributed by atoms with Gasteiger partial charge < -0.3 is 15.1 Å². The Morgan fingerprint density at radius 3 is 1.64 bits per heavy atom. The van der Waals surface area contributed by atoms with E-state index in [1.54, 1.807) is 25.1 Å². The summed E-state index contributed by atoms with van der Waals surface area (Å²) in [6, 6.07) is 25.9. The molecule has 5 N–H and O–H groups in total. The van der Waals surface area contributed by atoms with Crippen molar-refractivity contribution in [3.05, 3.63) is 96.1 Å². The molecule has 0 fully saturated rings. The number of nitrogens with one attached hydrogen (secondary N) is 4. The standard InChI is InChI=1S/C16H12N4O.C15H10N4O2.CH3F/c1-9(21)10-6-7-13-14(8-10)18-16(17-13)15-11-4-2-3-5-12(11)19-20-15;20-15(21)8-5-6-11-12(7-8)17-14(16-11)13-9-3-1-2-4-10(9)18-19-13;1-2/h2-8H,1H3,(H,17,18)(H,19,20);1-7H,(H,16,17)(H,18,19)(H,20,21);1H3/i;;1D. The minimum Gasteiger partial charge on any atom is -0.478 e. The molecule has 0 amide bonds. The zero-order valence-electron chi connectivity index (χ0n) is 24.2. The van der Waals surface area contributed by atoms with Crippen molar-refractivity contribution in [3.8, 4) is 23.0 Å². The largest absolute Gasteiger partial charge is 0.478 e. The monoisotopic (exact) mass is 589 g/mol. The van der Waals surface area contributed by atoms with Crippen LogP contribution in [-0.4, -0.2) is 64.3 Å². The van der Waals surface area contributed by atoms with E-state index in [1.807, 2.05) is 60.7 Å². The highest BCUT2D eigenvalue weighted by atomic mass is 19.1. The Kier molecular flexibility index (Phi) is 7.05. The van der Waals surface area contributed by atoms with Gasteiger partial charge >= 0.3 is 5.97 Å². The number of aromatic amines is 4. The molecule has 0 atom stereocenters. The Morgan fingerprint density at radius 1 is 0.705 bits per heavy atom. The molecule has 0 aliphatic heterocycles. The molecule has 8 rings (SSSR count). The van der Waals surface area contributed by atoms with Gasteiger partial charge in [0.1, 0.15) is 11.4 Å². The summed E-state index contributed by atoms with van der Waals surface area (Å²) in [5, 5.41) is 25.6. The van der Waals surface area contributed by atoms with Crippen molar-refractivity contribution in [2.45, 2.75) is 6.92 Å². The first-order valence-corrected chi connectivity index (χ1v) is 13.3. The van der Waals surface area contributed by atoms with Crippen LogP contribution in [0.1, 0.15) is 29.0 Å². The number of alkyl halides is 1. The average molecular weight is 590 g/mol. The van der Waals surface area contributed by atoms with Gasteiger partial charge in [-0.05, 0) is 55.5 Å². The summed E-state index contributed by atoms with van der Waals surface area (Å²) in [5.41, 5.74) is 7.35. The third-order valence-electron chi connectivity index (χ3n) is 7.01. The van der Waals surface area contributed by atoms with Crippen LogP contribution in [0.3, 0.4) is 0 Å². The lowest BCUT2D eigenvalue weighted by Crippen LogP contribution is -1.94. The molecule has 0 radical (unpaired) electrons. The summed E-state index contributed by atoms with van der Waals surface area (Å²) >= 11 is 0. The molecular formula is C32H25FN8O3. The molecule has 4 aromatic heterocycles. The van der Waals surface area contributed by atoms with Gasteiger partial charge in [-0.1, -0.05) is 36.4 Å². The van der Waals surface area contributed by atoms with Crippen LogP contribution in [0.15, 0.2) is 84.9 Å². The molecular weight excluding hydrogens is 563 g/mol. The molecule has 4 heterocycles. The van der Waals surface area contributed by atoms with E-state index in [1.165, 1.54) is 6.07 Å². The van der Waals surface area contributed by atoms with Crippen LogP contribution in [0.2, 0.25) is 0 Å². The number of carboxylic acid groups (broad SMARTS) is 1. The van der Waals surface area contributed by atoms with Gasteiger partial charge in [-0.2, -0.15) is 10.2 Å². The maximum Gasteiger partial charge on any atom is 0.335 e. The number of imidazole rings is 2. The van der Waals surface area contributed by atoms with E-state index < -0.39 is 13.1 Å². The Bertz CT molecular complexity index is 2160. The Hall–Kier alpha value is -6.17. The summed E-state index contributed by atoms with van der Waals surface area (Å²) in [6.45, 7) is 1.56. The quantitative estimate of drug-likeness (QED) is 0.142. The fourth-order valence-electron chi connectivity index (χ4n) is 4.88. The minimum absolute atomic E-state index is 0.0401. The molecule has 0 saturated carbocycles. The maximum absolute atomic E-state index is 11.4. The highest BCUT2D eigenvalue weighted by Gasteiger charge is 2.14. The highest BCUT2D eigenvalue weighted by Crippen LogP contribution is 2.27. The first kappa shape index (κ1) is 26.7. The SMILES string of the molecule is CC(=O)c1ccc2nc(-c3n[nH]c4ccccc34)[nH]c2c1.O=C(O)c1ccc2nc(-c3n[nH]c4ccccc34)[nH]c2c1.[2H]CF. The van der Waals surface area contributed by atoms with Crippen LogP contribution < -0.4 is 0 Å². The summed E-state index contributed by atoms with van der Waals surface area (Å²) in [5.74, 6) is 0.393. The topological polar surface area (TPSA) is 169 Å². The Morgan fingerprint density at radius 2 is 1.16 bits per heavy atom. The second-order valence-corrected chi connectivity index (χ2v) is 9.73. The van der Waals surface area contributed by atoms with Crippen LogP contribution in [-0.2, 0) is 0 Å². The van der Waals surface area contributed by atoms with Gasteiger partial charge in [0, 0.05) is 16.3 Å². The van der Waals surface area contributed by atoms with Crippen molar-refractivity contribution >= 4 is 55.6 Å². The van der Waals surface area contributed by atoms with Gasteiger partial charge in [-0.3, -0.25) is 19.4 Å². The van der Waals surface area contributed by atoms with E-state index in [0.29, 0.717) is 28.2 Å². The number of carboxylic acids is 1. The van der Waals surface area contributed by atoms with E-state index in [0.717, 1.165) is 44.2 Å². The van der Waals surface area contributed by atoms with Gasteiger partial charge in [-0.15, -0.1) is 0 Å². The molecule has 0 spiro atoms. The molecule has 0 bridgehead atoms. The molecule has 11 nitrogen and oxygen atoms in total. The lowest BCUT2D eigenvalue weighted by molar-refractivity contribution is 0.0696. The first-order valence-electron chi connectivity index (χ1n) is 14.0. The smallest absolute Gasteiger partial charge is 0.335 e. The maximum atomic E-state index is 11.4. The third-order valence-corrected chi connectivity index (χ3v) is 7.01. The number of fused-ring (bicyclic) bond motifs is 4. The van der Waals surface area contributed by atoms with Crippen molar-refractivity contribution in [1.82, 2.24) is 40.3 Å². The number of carbonyl (C=O) groups excluding carboxylic acids is 1. The molecule has 8 aromatic rings. The van der Waals surface area contributed by atoms with Crippen LogP contribution >= 0.6 is 0 Å². The summed E-state index contributed by atoms with van der Waals surface area (Å²) in [4.78, 5) is 37.9. The first-order chi connectivity index (χ1) is 21.9. The van der Waals surface area contributed by atoms with Crippen LogP contribution in [0.25, 0.3) is 66.9 Å². The number of halogens is 1. The van der Waals surface area contributed by atoms with Gasteiger partial charge in [0.25, 0.3) is 0 Å². The van der Waals surface area contributed by atoms with Crippen LogP contribution in [0, 0.1) is 0 Å². The predicted octanol–water partition coefficient (Wildman–Crippen LogP) is 6.70. The highest BCUT2D eigenvalue weighted by molar-refractivity contribution is 5.99. The number of para-hydroxylation sites is 2. The van der Waals surface area contributed by atoms with Crippen molar-refractivity contribution in [1.29, 1.82) is 0 Å². The van der Waals surface area contributed by atoms with Crippen LogP contribution in [0.5, 0.6) is 0 Å². The molecule has 4 aromatic carbocycles. The molecule has 218 valence electrons. The predicted molar refractivity (Wildman–Crippen MR) is 166 cm³/mol. The molecule has 12 heteroatoms. The molecule has 0 aliphatic carbocycles. The number of aromatic carboxylic acids is 1. The lowest BCUT2D eigenvalue weighted by atomic mass is 10.1. The number of rotatable bonds is 4. The van der Waals surface area contributed by atoms with E-state index in [9.17, 15) is 14.0 Å². The zero-order valence-corrected chi connectivity index (χ0v) is 23.2. The molecule has 0 aliphatic rings. The Labute approximate surface area is 249 Å². The normalized spacial score (nSPS) is 11.2. The molecule has 0 saturated heterocycles. The summed E-state index contributed by atoms with van der Waals surface area (Å²) in [6.07, 6.45) is 0. The number of carbonyl (C=O) groups is 2. The Balaban J connectivity index is 0.000000146. The van der Waals surface area contributed by atoms with Crippen molar-refractivity contribution in [2.24, 2.45) is 0 Å². The number of H-pyrrole nitrogens is 4. The van der Waals surface area contributed by atoms with Gasteiger partial charge in [-0.25, -0.2) is 14.8 Å². The minimum atomic E-state index is -1.00. The van der Waals surface area contributed by atoms with Gasteiger partial charge in [0.05, 0.1) is 47.2 Å².